The van der Waals surface area contributed by atoms with Crippen LogP contribution in [0.25, 0.3) is 11.5 Å². The maximum atomic E-state index is 9.54. The van der Waals surface area contributed by atoms with E-state index in [2.05, 4.69) is 19.6 Å². The summed E-state index contributed by atoms with van der Waals surface area (Å²) in [5.41, 5.74) is 1.00. The number of imidazole rings is 1. The number of aromatic amines is 1. The molecule has 0 radical (unpaired) electrons. The lowest BCUT2D eigenvalue weighted by Crippen LogP contribution is -2.13. The normalized spacial score (nSPS) is 15.1. The van der Waals surface area contributed by atoms with E-state index in [4.69, 9.17) is 0 Å². The van der Waals surface area contributed by atoms with Crippen LogP contribution in [0.15, 0.2) is 23.0 Å². The van der Waals surface area contributed by atoms with Crippen molar-refractivity contribution in [3.8, 4) is 11.5 Å². The monoisotopic (exact) mass is 209 g/mol. The van der Waals surface area contributed by atoms with Crippen molar-refractivity contribution in [2.45, 2.75) is 19.1 Å². The van der Waals surface area contributed by atoms with Crippen LogP contribution < -0.4 is 0 Å². The molecule has 2 heterocycles. The van der Waals surface area contributed by atoms with E-state index < -0.39 is 12.2 Å². The number of rotatable bonds is 3. The van der Waals surface area contributed by atoms with Crippen molar-refractivity contribution >= 4 is 0 Å². The lowest BCUT2D eigenvalue weighted by Gasteiger charge is -2.10. The molecular weight excluding hydrogens is 198 g/mol. The van der Waals surface area contributed by atoms with Crippen molar-refractivity contribution in [2.24, 2.45) is 0 Å². The van der Waals surface area contributed by atoms with E-state index in [1.165, 1.54) is 19.4 Å². The molecule has 3 N–H and O–H groups in total. The average Bonchev–Trinajstić information content (AvgIpc) is 2.86. The average molecular weight is 209 g/mol. The van der Waals surface area contributed by atoms with Gasteiger partial charge in [-0.15, -0.1) is 0 Å². The largest absolute Gasteiger partial charge is 0.390 e. The van der Waals surface area contributed by atoms with Gasteiger partial charge in [0.2, 0.25) is 0 Å². The molecule has 2 rings (SSSR count). The van der Waals surface area contributed by atoms with E-state index in [-0.39, 0.29) is 0 Å². The number of nitrogens with one attached hydrogen (secondary N) is 1. The first-order valence-electron chi connectivity index (χ1n) is 4.50. The summed E-state index contributed by atoms with van der Waals surface area (Å²) in [6.45, 7) is 1.50. The quantitative estimate of drug-likeness (QED) is 0.683. The Morgan fingerprint density at radius 2 is 2.27 bits per heavy atom. The van der Waals surface area contributed by atoms with Gasteiger partial charge in [0, 0.05) is 6.07 Å². The molecule has 2 unspecified atom stereocenters. The van der Waals surface area contributed by atoms with Gasteiger partial charge in [-0.2, -0.15) is 0 Å². The molecule has 0 aliphatic carbocycles. The molecule has 0 saturated carbocycles. The first-order valence-corrected chi connectivity index (χ1v) is 4.50. The third-order valence-electron chi connectivity index (χ3n) is 2.05. The van der Waals surface area contributed by atoms with E-state index in [9.17, 15) is 10.2 Å². The Morgan fingerprint density at radius 3 is 2.87 bits per heavy atom. The molecule has 2 aromatic rings. The van der Waals surface area contributed by atoms with Gasteiger partial charge in [0.25, 0.3) is 0 Å². The summed E-state index contributed by atoms with van der Waals surface area (Å²) in [5.74, 6) is 0.499. The van der Waals surface area contributed by atoms with Crippen LogP contribution >= 0.6 is 0 Å². The summed E-state index contributed by atoms with van der Waals surface area (Å²) in [7, 11) is 0. The van der Waals surface area contributed by atoms with Crippen LogP contribution in [0, 0.1) is 0 Å². The molecule has 6 nitrogen and oxygen atoms in total. The second-order valence-corrected chi connectivity index (χ2v) is 3.26. The number of aromatic nitrogens is 3. The zero-order valence-electron chi connectivity index (χ0n) is 8.08. The van der Waals surface area contributed by atoms with Crippen LogP contribution in [0.5, 0.6) is 0 Å². The summed E-state index contributed by atoms with van der Waals surface area (Å²) >= 11 is 0. The van der Waals surface area contributed by atoms with Crippen molar-refractivity contribution in [3.63, 3.8) is 0 Å². The van der Waals surface area contributed by atoms with E-state index in [1.54, 1.807) is 6.07 Å². The topological polar surface area (TPSA) is 95.2 Å². The van der Waals surface area contributed by atoms with Crippen LogP contribution in [0.3, 0.4) is 0 Å². The standard InChI is InChI=1S/C9H11N3O3/c1-5(13)8(14)7-4-10-9(11-7)6-2-3-15-12-6/h2-5,8,13-14H,1H3,(H,10,11). The molecule has 0 saturated heterocycles. The molecule has 2 aromatic heterocycles. The number of aliphatic hydroxyl groups is 2. The highest BCUT2D eigenvalue weighted by Crippen LogP contribution is 2.18. The smallest absolute Gasteiger partial charge is 0.159 e. The minimum atomic E-state index is -0.974. The first kappa shape index (κ1) is 9.88. The van der Waals surface area contributed by atoms with Gasteiger partial charge in [-0.05, 0) is 6.92 Å². The third kappa shape index (κ3) is 1.90. The molecule has 0 bridgehead atoms. The number of H-pyrrole nitrogens is 1. The van der Waals surface area contributed by atoms with Gasteiger partial charge in [0.1, 0.15) is 18.1 Å². The highest BCUT2D eigenvalue weighted by molar-refractivity contribution is 5.47. The molecule has 0 amide bonds. The molecular formula is C9H11N3O3. The Bertz CT molecular complexity index is 422. The fourth-order valence-corrected chi connectivity index (χ4v) is 1.21. The maximum Gasteiger partial charge on any atom is 0.159 e. The molecule has 80 valence electrons. The fourth-order valence-electron chi connectivity index (χ4n) is 1.21. The molecule has 6 heteroatoms. The summed E-state index contributed by atoms with van der Waals surface area (Å²) in [6.07, 6.45) is 1.07. The van der Waals surface area contributed by atoms with Gasteiger partial charge in [-0.25, -0.2) is 4.98 Å². The third-order valence-corrected chi connectivity index (χ3v) is 2.05. The van der Waals surface area contributed by atoms with Gasteiger partial charge in [-0.3, -0.25) is 0 Å². The molecule has 0 spiro atoms. The SMILES string of the molecule is CC(O)C(O)c1cnc(-c2ccon2)[nH]1. The van der Waals surface area contributed by atoms with Crippen molar-refractivity contribution < 1.29 is 14.7 Å². The van der Waals surface area contributed by atoms with Crippen molar-refractivity contribution in [1.82, 2.24) is 15.1 Å². The number of nitrogens with zero attached hydrogens (tertiary/aromatic N) is 2. The van der Waals surface area contributed by atoms with Crippen molar-refractivity contribution in [3.05, 3.63) is 24.2 Å². The second-order valence-electron chi connectivity index (χ2n) is 3.26. The summed E-state index contributed by atoms with van der Waals surface area (Å²) in [5, 5.41) is 22.4. The molecule has 2 atom stereocenters. The number of aliphatic hydroxyl groups excluding tert-OH is 2. The zero-order valence-corrected chi connectivity index (χ0v) is 8.08. The van der Waals surface area contributed by atoms with Gasteiger partial charge >= 0.3 is 0 Å². The minimum Gasteiger partial charge on any atom is -0.390 e. The van der Waals surface area contributed by atoms with Gasteiger partial charge in [0.05, 0.1) is 18.0 Å². The van der Waals surface area contributed by atoms with E-state index in [0.29, 0.717) is 17.2 Å². The van der Waals surface area contributed by atoms with Crippen LogP contribution in [0.1, 0.15) is 18.7 Å². The van der Waals surface area contributed by atoms with Gasteiger partial charge < -0.3 is 19.7 Å². The molecule has 0 fully saturated rings. The van der Waals surface area contributed by atoms with E-state index >= 15 is 0 Å². The Labute approximate surface area is 85.6 Å². The summed E-state index contributed by atoms with van der Waals surface area (Å²) < 4.78 is 4.66. The Kier molecular flexibility index (Phi) is 2.53. The molecule has 0 aliphatic heterocycles. The first-order chi connectivity index (χ1) is 7.18. The van der Waals surface area contributed by atoms with Crippen LogP contribution in [-0.4, -0.2) is 31.4 Å². The highest BCUT2D eigenvalue weighted by Gasteiger charge is 2.17. The van der Waals surface area contributed by atoms with E-state index in [0.717, 1.165) is 0 Å². The van der Waals surface area contributed by atoms with Crippen LogP contribution in [0.2, 0.25) is 0 Å². The fraction of sp³-hybridized carbons (Fsp3) is 0.333. The molecule has 0 aliphatic rings. The number of hydrogen-bond acceptors (Lipinski definition) is 5. The summed E-state index contributed by atoms with van der Waals surface area (Å²) in [6, 6.07) is 1.65. The minimum absolute atomic E-state index is 0.447. The lowest BCUT2D eigenvalue weighted by molar-refractivity contribution is 0.0281. The predicted octanol–water partition coefficient (Wildman–Crippen LogP) is 0.479. The Morgan fingerprint density at radius 1 is 1.47 bits per heavy atom. The maximum absolute atomic E-state index is 9.54. The molecule has 0 aromatic carbocycles. The predicted molar refractivity (Wildman–Crippen MR) is 50.7 cm³/mol. The van der Waals surface area contributed by atoms with Gasteiger partial charge in [0.15, 0.2) is 5.82 Å². The lowest BCUT2D eigenvalue weighted by atomic mass is 10.2. The van der Waals surface area contributed by atoms with Crippen molar-refractivity contribution in [1.29, 1.82) is 0 Å². The molecule has 15 heavy (non-hydrogen) atoms. The second kappa shape index (κ2) is 3.84. The highest BCUT2D eigenvalue weighted by atomic mass is 16.5. The Balaban J connectivity index is 2.25. The van der Waals surface area contributed by atoms with Gasteiger partial charge in [-0.1, -0.05) is 5.16 Å². The van der Waals surface area contributed by atoms with Crippen LogP contribution in [0.4, 0.5) is 0 Å². The Hall–Kier alpha value is -1.66. The summed E-state index contributed by atoms with van der Waals surface area (Å²) in [4.78, 5) is 6.87. The van der Waals surface area contributed by atoms with E-state index in [1.807, 2.05) is 0 Å². The zero-order chi connectivity index (χ0) is 10.8. The van der Waals surface area contributed by atoms with Crippen molar-refractivity contribution in [2.75, 3.05) is 0 Å². The number of hydrogen-bond donors (Lipinski definition) is 3. The van der Waals surface area contributed by atoms with Crippen LogP contribution in [-0.2, 0) is 0 Å².